The van der Waals surface area contributed by atoms with E-state index in [2.05, 4.69) is 39.5 Å². The fourth-order valence-corrected chi connectivity index (χ4v) is 10.9. The van der Waals surface area contributed by atoms with Gasteiger partial charge in [-0.2, -0.15) is 0 Å². The molecule has 6 unspecified atom stereocenters. The molecule has 6 N–H and O–H groups in total. The van der Waals surface area contributed by atoms with E-state index in [1.165, 1.54) is 7.11 Å². The number of methoxy groups -OCH3 is 1. The van der Waals surface area contributed by atoms with E-state index in [9.17, 15) is 88.2 Å². The molecule has 6 fully saturated rings. The normalized spacial score (nSPS) is 20.4. The molecule has 0 spiro atoms. The standard InChI is InChI=1S/C33H47N3O13.C33H47N3O12/c1-21-11-27(40)34(30(21)43)14-24(37)5-8-47-18-33(17-46-4,19-48-9-6-25(38)15-35-28(41)12-22(2)31(35)44)20-49-10-7-26(39)16-36-29(42)13-23(3)32(36)45;1-5-33(18-46-9-6-24(37)15-34-27(40)12-21(2)30(34)43,19-47-10-7-25(38)16-35-28(41)13-22(3)31(35)44)20-48-11-8-26(39)17-36-29(42)14-23(4)32(36)45/h24-26,37-39H,1-3,5-20H2,4H3;24-26,37-39H,2-20H2,1H3. The monoisotopic (exact) mass is 1370 g/mol. The van der Waals surface area contributed by atoms with Gasteiger partial charge in [0.05, 0.1) is 166 Å². The fraction of sp³-hybridized carbons (Fsp3) is 0.636. The quantitative estimate of drug-likeness (QED) is 0.0229. The highest BCUT2D eigenvalue weighted by atomic mass is 16.5. The van der Waals surface area contributed by atoms with Crippen molar-refractivity contribution < 1.29 is 121 Å². The maximum atomic E-state index is 12.1. The van der Waals surface area contributed by atoms with E-state index in [0.717, 1.165) is 29.4 Å². The van der Waals surface area contributed by atoms with Gasteiger partial charge in [0.15, 0.2) is 0 Å². The second kappa shape index (κ2) is 38.2. The highest BCUT2D eigenvalue weighted by Crippen LogP contribution is 2.28. The first-order valence-electron chi connectivity index (χ1n) is 32.0. The number of carbonyl (C=O) groups is 12. The van der Waals surface area contributed by atoms with Crippen molar-refractivity contribution in [1.29, 1.82) is 0 Å². The van der Waals surface area contributed by atoms with Crippen molar-refractivity contribution in [1.82, 2.24) is 29.4 Å². The summed E-state index contributed by atoms with van der Waals surface area (Å²) < 4.78 is 40.8. The van der Waals surface area contributed by atoms with Crippen molar-refractivity contribution in [2.24, 2.45) is 10.8 Å². The minimum atomic E-state index is -1.04. The van der Waals surface area contributed by atoms with Gasteiger partial charge in [0, 0.05) is 85.6 Å². The molecule has 6 aliphatic rings. The molecule has 0 aromatic rings. The van der Waals surface area contributed by atoms with E-state index < -0.39 is 118 Å². The van der Waals surface area contributed by atoms with Gasteiger partial charge in [0.2, 0.25) is 35.4 Å². The number of nitrogens with zero attached hydrogens (tertiary/aromatic N) is 6. The molecule has 6 rings (SSSR count). The molecule has 6 aliphatic heterocycles. The van der Waals surface area contributed by atoms with Crippen molar-refractivity contribution >= 4 is 70.9 Å². The van der Waals surface area contributed by atoms with Gasteiger partial charge in [-0.25, -0.2) is 0 Å². The number of hydrogen-bond donors (Lipinski definition) is 6. The molecule has 0 saturated carbocycles. The molecule has 12 amide bonds. The lowest BCUT2D eigenvalue weighted by atomic mass is 9.88. The van der Waals surface area contributed by atoms with Crippen LogP contribution in [0.5, 0.6) is 0 Å². The average molecular weight is 1370 g/mol. The Hall–Kier alpha value is -7.24. The molecule has 97 heavy (non-hydrogen) atoms. The maximum absolute atomic E-state index is 12.1. The van der Waals surface area contributed by atoms with E-state index in [1.54, 1.807) is 0 Å². The van der Waals surface area contributed by atoms with Gasteiger partial charge < -0.3 is 63.8 Å². The van der Waals surface area contributed by atoms with Crippen LogP contribution in [-0.4, -0.2) is 300 Å². The maximum Gasteiger partial charge on any atom is 0.256 e. The van der Waals surface area contributed by atoms with Gasteiger partial charge in [0.1, 0.15) is 0 Å². The van der Waals surface area contributed by atoms with E-state index in [-0.39, 0.29) is 236 Å². The third-order valence-electron chi connectivity index (χ3n) is 16.9. The van der Waals surface area contributed by atoms with Gasteiger partial charge in [-0.3, -0.25) is 86.9 Å². The zero-order valence-corrected chi connectivity index (χ0v) is 55.5. The summed E-state index contributed by atoms with van der Waals surface area (Å²) in [5.74, 6) is -5.53. The van der Waals surface area contributed by atoms with Crippen LogP contribution in [0.25, 0.3) is 0 Å². The van der Waals surface area contributed by atoms with Crippen molar-refractivity contribution in [3.63, 3.8) is 0 Å². The molecular weight excluding hydrogens is 1280 g/mol. The van der Waals surface area contributed by atoms with Crippen LogP contribution in [0.15, 0.2) is 72.9 Å². The lowest BCUT2D eigenvalue weighted by Crippen LogP contribution is -2.43. The lowest BCUT2D eigenvalue weighted by Gasteiger charge is -2.33. The lowest BCUT2D eigenvalue weighted by molar-refractivity contribution is -0.141. The molecular formula is C66H94N6O25. The highest BCUT2D eigenvalue weighted by Gasteiger charge is 2.40. The Morgan fingerprint density at radius 2 is 0.474 bits per heavy atom. The molecule has 31 nitrogen and oxygen atoms in total. The first-order chi connectivity index (χ1) is 45.8. The van der Waals surface area contributed by atoms with Gasteiger partial charge in [0.25, 0.3) is 35.4 Å². The van der Waals surface area contributed by atoms with E-state index in [0.29, 0.717) is 6.42 Å². The number of rotatable bonds is 45. The van der Waals surface area contributed by atoms with Crippen LogP contribution in [-0.2, 0) is 90.7 Å². The number of imide groups is 6. The van der Waals surface area contributed by atoms with Crippen molar-refractivity contribution in [2.45, 2.75) is 127 Å². The molecule has 0 radical (unpaired) electrons. The molecule has 6 atom stereocenters. The van der Waals surface area contributed by atoms with E-state index >= 15 is 0 Å². The fourth-order valence-electron chi connectivity index (χ4n) is 10.9. The Labute approximate surface area is 562 Å². The third-order valence-corrected chi connectivity index (χ3v) is 16.9. The number of β-amino-alcohol motifs (C(OH)–C–C–N with tert-alkyl or cyclic N) is 6. The Kier molecular flexibility index (Phi) is 31.7. The largest absolute Gasteiger partial charge is 0.391 e. The summed E-state index contributed by atoms with van der Waals surface area (Å²) in [5, 5.41) is 62.5. The van der Waals surface area contributed by atoms with Crippen LogP contribution in [0.2, 0.25) is 0 Å². The van der Waals surface area contributed by atoms with Gasteiger partial charge in [-0.15, -0.1) is 0 Å². The van der Waals surface area contributed by atoms with Gasteiger partial charge in [-0.05, 0) is 44.9 Å². The van der Waals surface area contributed by atoms with E-state index in [4.69, 9.17) is 33.2 Å². The minimum absolute atomic E-state index is 0.0227. The van der Waals surface area contributed by atoms with Gasteiger partial charge >= 0.3 is 0 Å². The Morgan fingerprint density at radius 1 is 0.309 bits per heavy atom. The summed E-state index contributed by atoms with van der Waals surface area (Å²) >= 11 is 0. The van der Waals surface area contributed by atoms with Crippen molar-refractivity contribution in [2.75, 3.05) is 132 Å². The number of aliphatic hydroxyl groups excluding tert-OH is 6. The smallest absolute Gasteiger partial charge is 0.256 e. The minimum Gasteiger partial charge on any atom is -0.391 e. The summed E-state index contributed by atoms with van der Waals surface area (Å²) in [6.45, 7) is 23.2. The molecule has 538 valence electrons. The summed E-state index contributed by atoms with van der Waals surface area (Å²) in [6, 6.07) is 0. The SMILES string of the molecule is C=C1CC(=O)N(CC(O)CCOCC(CC)(COCCC(O)CN2C(=O)CC(=C)C2=O)COCCC(O)CN2C(=O)CC(=C)C2=O)C1=O.C=C1CC(=O)N(CC(O)CCOCC(COC)(COCCC(O)CN2C(=O)CC(=C)C2=O)COCCC(O)CN2C(=O)CC(=C)C2=O)C1=O. The Morgan fingerprint density at radius 3 is 0.608 bits per heavy atom. The van der Waals surface area contributed by atoms with Crippen molar-refractivity contribution in [3.05, 3.63) is 72.9 Å². The predicted molar refractivity (Wildman–Crippen MR) is 339 cm³/mol. The third kappa shape index (κ3) is 23.7. The predicted octanol–water partition coefficient (Wildman–Crippen LogP) is -1.50. The summed E-state index contributed by atoms with van der Waals surface area (Å²) in [4.78, 5) is 150. The number of amides is 12. The van der Waals surface area contributed by atoms with Crippen LogP contribution < -0.4 is 0 Å². The zero-order valence-electron chi connectivity index (χ0n) is 55.5. The summed E-state index contributed by atoms with van der Waals surface area (Å²) in [7, 11) is 1.47. The second-order valence-electron chi connectivity index (χ2n) is 25.3. The number of hydrogen-bond acceptors (Lipinski definition) is 25. The van der Waals surface area contributed by atoms with Crippen LogP contribution in [0.3, 0.4) is 0 Å². The molecule has 31 heteroatoms. The van der Waals surface area contributed by atoms with Crippen LogP contribution in [0.4, 0.5) is 0 Å². The molecule has 0 aromatic heterocycles. The van der Waals surface area contributed by atoms with Gasteiger partial charge in [-0.1, -0.05) is 46.4 Å². The Bertz CT molecular complexity index is 2700. The summed E-state index contributed by atoms with van der Waals surface area (Å²) in [5.41, 5.74) is -0.540. The number of aliphatic hydroxyl groups is 6. The number of likely N-dealkylation sites (tertiary alicyclic amines) is 6. The van der Waals surface area contributed by atoms with Crippen LogP contribution in [0.1, 0.15) is 90.4 Å². The van der Waals surface area contributed by atoms with Crippen LogP contribution in [0, 0.1) is 10.8 Å². The van der Waals surface area contributed by atoms with Crippen molar-refractivity contribution in [3.8, 4) is 0 Å². The summed E-state index contributed by atoms with van der Waals surface area (Å²) in [6.07, 6.45) is -5.30. The molecule has 0 aromatic carbocycles. The first-order valence-corrected chi connectivity index (χ1v) is 32.0. The van der Waals surface area contributed by atoms with Crippen LogP contribution >= 0.6 is 0 Å². The topological polar surface area (TPSA) is 410 Å². The first kappa shape index (κ1) is 80.4. The van der Waals surface area contributed by atoms with E-state index in [1.807, 2.05) is 6.92 Å². The Balaban J connectivity index is 0.000000351. The highest BCUT2D eigenvalue weighted by molar-refractivity contribution is 6.16. The number of ether oxygens (including phenoxy) is 7. The average Bonchev–Trinajstić information content (AvgIpc) is 1.71. The second-order valence-corrected chi connectivity index (χ2v) is 25.3. The molecule has 0 aliphatic carbocycles. The number of carbonyl (C=O) groups excluding carboxylic acids is 12. The molecule has 6 saturated heterocycles. The zero-order chi connectivity index (χ0) is 71.9. The molecule has 6 heterocycles. The molecule has 0 bridgehead atoms.